The zero-order valence-electron chi connectivity index (χ0n) is 10.6. The summed E-state index contributed by atoms with van der Waals surface area (Å²) in [5.74, 6) is 0.245. The first kappa shape index (κ1) is 11.8. The minimum absolute atomic E-state index is 0.0247. The summed E-state index contributed by atoms with van der Waals surface area (Å²) >= 11 is 0. The number of benzene rings is 1. The Kier molecular flexibility index (Phi) is 2.92. The molecule has 1 saturated heterocycles. The van der Waals surface area contributed by atoms with E-state index < -0.39 is 0 Å². The lowest BCUT2D eigenvalue weighted by molar-refractivity contribution is 0.0250. The Morgan fingerprint density at radius 1 is 1.28 bits per heavy atom. The number of hydrogen-bond acceptors (Lipinski definition) is 4. The average Bonchev–Trinajstić information content (AvgIpc) is 2.74. The fourth-order valence-corrected chi connectivity index (χ4v) is 3.12. The normalized spacial score (nSPS) is 26.9. The molecule has 4 nitrogen and oxygen atoms in total. The van der Waals surface area contributed by atoms with Gasteiger partial charge in [-0.15, -0.1) is 0 Å². The summed E-state index contributed by atoms with van der Waals surface area (Å²) in [4.78, 5) is 2.41. The maximum absolute atomic E-state index is 9.66. The summed E-state index contributed by atoms with van der Waals surface area (Å²) in [7, 11) is 0. The number of aromatic hydroxyl groups is 2. The van der Waals surface area contributed by atoms with Crippen molar-refractivity contribution in [1.82, 2.24) is 4.90 Å². The fourth-order valence-electron chi connectivity index (χ4n) is 3.12. The molecule has 2 heterocycles. The predicted octanol–water partition coefficient (Wildman–Crippen LogP) is 1.81. The first-order chi connectivity index (χ1) is 8.69. The van der Waals surface area contributed by atoms with Gasteiger partial charge >= 0.3 is 0 Å². The third kappa shape index (κ3) is 1.85. The van der Waals surface area contributed by atoms with Crippen molar-refractivity contribution in [2.45, 2.75) is 32.0 Å². The van der Waals surface area contributed by atoms with Crippen LogP contribution in [0.5, 0.6) is 11.5 Å². The lowest BCUT2D eigenvalue weighted by atomic mass is 9.89. The molecular weight excluding hydrogens is 230 g/mol. The van der Waals surface area contributed by atoms with Crippen molar-refractivity contribution >= 4 is 0 Å². The molecule has 0 aromatic heterocycles. The van der Waals surface area contributed by atoms with E-state index in [1.807, 2.05) is 0 Å². The Hall–Kier alpha value is -1.26. The van der Waals surface area contributed by atoms with Crippen LogP contribution in [0.3, 0.4) is 0 Å². The van der Waals surface area contributed by atoms with Crippen molar-refractivity contribution < 1.29 is 14.9 Å². The molecule has 0 spiro atoms. The van der Waals surface area contributed by atoms with Crippen LogP contribution in [0.1, 0.15) is 30.4 Å². The Labute approximate surface area is 107 Å². The number of phenolic OH excluding ortho intramolecular Hbond substituents is 2. The van der Waals surface area contributed by atoms with Gasteiger partial charge in [-0.05, 0) is 36.2 Å². The second-order valence-corrected chi connectivity index (χ2v) is 5.26. The molecule has 0 unspecified atom stereocenters. The maximum Gasteiger partial charge on any atom is 0.157 e. The lowest BCUT2D eigenvalue weighted by Gasteiger charge is -2.28. The van der Waals surface area contributed by atoms with E-state index in [0.717, 1.165) is 37.2 Å². The molecule has 2 aliphatic heterocycles. The molecule has 1 aromatic carbocycles. The van der Waals surface area contributed by atoms with Crippen LogP contribution in [0.4, 0.5) is 0 Å². The average molecular weight is 249 g/mol. The van der Waals surface area contributed by atoms with Crippen LogP contribution < -0.4 is 0 Å². The molecule has 0 saturated carbocycles. The number of rotatable bonds is 2. The van der Waals surface area contributed by atoms with E-state index >= 15 is 0 Å². The molecular formula is C14H19NO3. The first-order valence-electron chi connectivity index (χ1n) is 6.57. The molecule has 3 rings (SSSR count). The van der Waals surface area contributed by atoms with Crippen molar-refractivity contribution in [3.63, 3.8) is 0 Å². The van der Waals surface area contributed by atoms with Crippen LogP contribution in [0.15, 0.2) is 12.1 Å². The Morgan fingerprint density at radius 3 is 2.83 bits per heavy atom. The van der Waals surface area contributed by atoms with Gasteiger partial charge in [0.1, 0.15) is 0 Å². The van der Waals surface area contributed by atoms with Gasteiger partial charge < -0.3 is 19.8 Å². The van der Waals surface area contributed by atoms with Crippen LogP contribution in [-0.2, 0) is 11.3 Å². The molecule has 0 aliphatic carbocycles. The quantitative estimate of drug-likeness (QED) is 0.785. The molecule has 0 bridgehead atoms. The highest BCUT2D eigenvalue weighted by Crippen LogP contribution is 2.41. The van der Waals surface area contributed by atoms with Crippen molar-refractivity contribution in [2.75, 3.05) is 19.6 Å². The monoisotopic (exact) mass is 249 g/mol. The van der Waals surface area contributed by atoms with E-state index in [0.29, 0.717) is 12.5 Å². The Bertz CT molecular complexity index is 461. The van der Waals surface area contributed by atoms with Crippen molar-refractivity contribution in [3.8, 4) is 11.5 Å². The lowest BCUT2D eigenvalue weighted by Crippen LogP contribution is -2.27. The fraction of sp³-hybridized carbons (Fsp3) is 0.571. The maximum atomic E-state index is 9.66. The standard InChI is InChI=1S/C14H19NO3/c1-2-3-15-6-11-10-5-13(17)12(16)4-9(10)8-18-14(11)7-15/h4-5,11,14,16-17H,2-3,6-8H2,1H3/t11-,14+/m1/s1. The SMILES string of the molecule is CCCN1C[C@@H]2OCc3cc(O)c(O)cc3[C@H]2C1. The van der Waals surface area contributed by atoms with Crippen LogP contribution in [0.2, 0.25) is 0 Å². The topological polar surface area (TPSA) is 52.9 Å². The second-order valence-electron chi connectivity index (χ2n) is 5.26. The molecule has 1 aromatic rings. The molecule has 2 aliphatic rings. The number of likely N-dealkylation sites (tertiary alicyclic amines) is 1. The molecule has 0 radical (unpaired) electrons. The van der Waals surface area contributed by atoms with Gasteiger partial charge in [0.15, 0.2) is 11.5 Å². The Morgan fingerprint density at radius 2 is 2.06 bits per heavy atom. The van der Waals surface area contributed by atoms with E-state index in [4.69, 9.17) is 4.74 Å². The predicted molar refractivity (Wildman–Crippen MR) is 67.8 cm³/mol. The van der Waals surface area contributed by atoms with Gasteiger partial charge in [-0.3, -0.25) is 0 Å². The highest BCUT2D eigenvalue weighted by atomic mass is 16.5. The minimum atomic E-state index is -0.0563. The van der Waals surface area contributed by atoms with Crippen molar-refractivity contribution in [2.24, 2.45) is 0 Å². The van der Waals surface area contributed by atoms with E-state index in [-0.39, 0.29) is 17.6 Å². The van der Waals surface area contributed by atoms with Gasteiger partial charge in [0, 0.05) is 19.0 Å². The first-order valence-corrected chi connectivity index (χ1v) is 6.57. The minimum Gasteiger partial charge on any atom is -0.504 e. The van der Waals surface area contributed by atoms with Crippen LogP contribution in [0, 0.1) is 0 Å². The summed E-state index contributed by atoms with van der Waals surface area (Å²) in [5.41, 5.74) is 2.14. The molecule has 4 heteroatoms. The third-order valence-corrected chi connectivity index (χ3v) is 3.97. The summed E-state index contributed by atoms with van der Waals surface area (Å²) < 4.78 is 5.87. The summed E-state index contributed by atoms with van der Waals surface area (Å²) in [6.45, 7) is 5.76. The smallest absolute Gasteiger partial charge is 0.157 e. The zero-order chi connectivity index (χ0) is 12.7. The molecule has 2 atom stereocenters. The number of fused-ring (bicyclic) bond motifs is 3. The number of hydrogen-bond donors (Lipinski definition) is 2. The van der Waals surface area contributed by atoms with Gasteiger partial charge in [-0.1, -0.05) is 6.92 Å². The highest BCUT2D eigenvalue weighted by molar-refractivity contribution is 5.48. The second kappa shape index (κ2) is 4.44. The van der Waals surface area contributed by atoms with Gasteiger partial charge in [-0.2, -0.15) is 0 Å². The number of ether oxygens (including phenoxy) is 1. The van der Waals surface area contributed by atoms with Gasteiger partial charge in [-0.25, -0.2) is 0 Å². The van der Waals surface area contributed by atoms with Crippen molar-refractivity contribution in [3.05, 3.63) is 23.3 Å². The highest BCUT2D eigenvalue weighted by Gasteiger charge is 2.38. The molecule has 18 heavy (non-hydrogen) atoms. The molecule has 2 N–H and O–H groups in total. The van der Waals surface area contributed by atoms with Gasteiger partial charge in [0.2, 0.25) is 0 Å². The molecule has 98 valence electrons. The largest absolute Gasteiger partial charge is 0.504 e. The number of phenols is 2. The summed E-state index contributed by atoms with van der Waals surface area (Å²) in [5, 5.41) is 19.2. The number of nitrogens with zero attached hydrogens (tertiary/aromatic N) is 1. The summed E-state index contributed by atoms with van der Waals surface area (Å²) in [6.07, 6.45) is 1.38. The van der Waals surface area contributed by atoms with Gasteiger partial charge in [0.25, 0.3) is 0 Å². The third-order valence-electron chi connectivity index (χ3n) is 3.97. The van der Waals surface area contributed by atoms with E-state index in [1.165, 1.54) is 0 Å². The van der Waals surface area contributed by atoms with Gasteiger partial charge in [0.05, 0.1) is 12.7 Å². The Balaban J connectivity index is 1.90. The van der Waals surface area contributed by atoms with E-state index in [2.05, 4.69) is 11.8 Å². The van der Waals surface area contributed by atoms with Crippen LogP contribution in [-0.4, -0.2) is 40.9 Å². The summed E-state index contributed by atoms with van der Waals surface area (Å²) in [6, 6.07) is 3.34. The zero-order valence-corrected chi connectivity index (χ0v) is 10.6. The van der Waals surface area contributed by atoms with Crippen LogP contribution >= 0.6 is 0 Å². The molecule has 1 fully saturated rings. The van der Waals surface area contributed by atoms with E-state index in [1.54, 1.807) is 12.1 Å². The van der Waals surface area contributed by atoms with Crippen LogP contribution in [0.25, 0.3) is 0 Å². The molecule has 0 amide bonds. The van der Waals surface area contributed by atoms with Crippen molar-refractivity contribution in [1.29, 1.82) is 0 Å². The van der Waals surface area contributed by atoms with E-state index in [9.17, 15) is 10.2 Å².